The fourth-order valence-electron chi connectivity index (χ4n) is 2.74. The molecule has 1 saturated heterocycles. The molecule has 1 aliphatic heterocycles. The van der Waals surface area contributed by atoms with Crippen molar-refractivity contribution in [3.05, 3.63) is 33.8 Å². The molecule has 4 nitrogen and oxygen atoms in total. The smallest absolute Gasteiger partial charge is 0.410 e. The molecule has 0 spiro atoms. The van der Waals surface area contributed by atoms with Gasteiger partial charge in [0.1, 0.15) is 5.60 Å². The highest BCUT2D eigenvalue weighted by Gasteiger charge is 2.38. The van der Waals surface area contributed by atoms with Crippen LogP contribution in [0.3, 0.4) is 0 Å². The number of rotatable bonds is 2. The first-order valence-corrected chi connectivity index (χ1v) is 8.10. The van der Waals surface area contributed by atoms with Crippen LogP contribution in [0.4, 0.5) is 4.79 Å². The quantitative estimate of drug-likeness (QED) is 0.884. The van der Waals surface area contributed by atoms with E-state index in [1.165, 1.54) is 0 Å². The second kappa shape index (κ2) is 6.65. The van der Waals surface area contributed by atoms with Gasteiger partial charge in [-0.1, -0.05) is 35.3 Å². The summed E-state index contributed by atoms with van der Waals surface area (Å²) < 4.78 is 5.44. The average molecular weight is 345 g/mol. The Morgan fingerprint density at radius 3 is 2.64 bits per heavy atom. The fourth-order valence-corrected chi connectivity index (χ4v) is 3.19. The van der Waals surface area contributed by atoms with Crippen molar-refractivity contribution in [2.24, 2.45) is 11.7 Å². The predicted octanol–water partition coefficient (Wildman–Crippen LogP) is 3.90. The number of carbonyl (C=O) groups is 1. The van der Waals surface area contributed by atoms with E-state index in [0.29, 0.717) is 29.7 Å². The van der Waals surface area contributed by atoms with E-state index in [0.717, 1.165) is 5.56 Å². The maximum Gasteiger partial charge on any atom is 0.410 e. The maximum atomic E-state index is 12.3. The third kappa shape index (κ3) is 3.86. The molecule has 0 aromatic heterocycles. The Balaban J connectivity index is 2.20. The lowest BCUT2D eigenvalue weighted by atomic mass is 9.89. The Labute approximate surface area is 141 Å². The molecule has 6 heteroatoms. The molecule has 22 heavy (non-hydrogen) atoms. The lowest BCUT2D eigenvalue weighted by Gasteiger charge is -2.24. The number of ether oxygens (including phenoxy) is 1. The van der Waals surface area contributed by atoms with Gasteiger partial charge in [0, 0.05) is 19.0 Å². The third-order valence-corrected chi connectivity index (χ3v) is 4.61. The monoisotopic (exact) mass is 344 g/mol. The molecule has 0 saturated carbocycles. The van der Waals surface area contributed by atoms with Crippen molar-refractivity contribution in [2.75, 3.05) is 19.6 Å². The number of hydrogen-bond donors (Lipinski definition) is 1. The van der Waals surface area contributed by atoms with E-state index in [1.807, 2.05) is 32.9 Å². The van der Waals surface area contributed by atoms with Crippen LogP contribution in [0, 0.1) is 5.92 Å². The van der Waals surface area contributed by atoms with Gasteiger partial charge < -0.3 is 15.4 Å². The van der Waals surface area contributed by atoms with Crippen LogP contribution in [0.2, 0.25) is 10.0 Å². The maximum absolute atomic E-state index is 12.3. The zero-order chi connectivity index (χ0) is 16.5. The molecule has 2 rings (SSSR count). The molecule has 122 valence electrons. The highest BCUT2D eigenvalue weighted by atomic mass is 35.5. The van der Waals surface area contributed by atoms with Crippen molar-refractivity contribution in [2.45, 2.75) is 32.3 Å². The number of amides is 1. The molecule has 1 aromatic rings. The largest absolute Gasteiger partial charge is 0.444 e. The van der Waals surface area contributed by atoms with Crippen molar-refractivity contribution < 1.29 is 9.53 Å². The van der Waals surface area contributed by atoms with Crippen molar-refractivity contribution in [3.63, 3.8) is 0 Å². The molecule has 0 bridgehead atoms. The van der Waals surface area contributed by atoms with Crippen LogP contribution in [0.1, 0.15) is 32.3 Å². The van der Waals surface area contributed by atoms with Crippen LogP contribution in [-0.2, 0) is 4.74 Å². The molecule has 2 atom stereocenters. The predicted molar refractivity (Wildman–Crippen MR) is 89.6 cm³/mol. The van der Waals surface area contributed by atoms with Crippen LogP contribution in [0.25, 0.3) is 0 Å². The van der Waals surface area contributed by atoms with Crippen LogP contribution in [0.15, 0.2) is 18.2 Å². The molecular formula is C16H22Cl2N2O2. The van der Waals surface area contributed by atoms with E-state index in [9.17, 15) is 4.79 Å². The SMILES string of the molecule is CC(C)(C)OC(=O)N1C[C@H](CN)[C@@H](c2cccc(Cl)c2Cl)C1. The van der Waals surface area contributed by atoms with E-state index in [4.69, 9.17) is 33.7 Å². The molecular weight excluding hydrogens is 323 g/mol. The van der Waals surface area contributed by atoms with E-state index >= 15 is 0 Å². The second-order valence-electron chi connectivity index (χ2n) is 6.63. The molecule has 1 amide bonds. The lowest BCUT2D eigenvalue weighted by molar-refractivity contribution is 0.0287. The summed E-state index contributed by atoms with van der Waals surface area (Å²) in [6.07, 6.45) is -0.313. The van der Waals surface area contributed by atoms with Gasteiger partial charge in [-0.3, -0.25) is 0 Å². The summed E-state index contributed by atoms with van der Waals surface area (Å²) in [5, 5.41) is 1.06. The third-order valence-electron chi connectivity index (χ3n) is 3.78. The Morgan fingerprint density at radius 2 is 2.05 bits per heavy atom. The van der Waals surface area contributed by atoms with Crippen LogP contribution in [-0.4, -0.2) is 36.2 Å². The number of benzene rings is 1. The van der Waals surface area contributed by atoms with Gasteiger partial charge in [-0.05, 0) is 44.9 Å². The lowest BCUT2D eigenvalue weighted by Crippen LogP contribution is -2.35. The van der Waals surface area contributed by atoms with Crippen molar-refractivity contribution in [3.8, 4) is 0 Å². The van der Waals surface area contributed by atoms with Gasteiger partial charge in [0.15, 0.2) is 0 Å². The van der Waals surface area contributed by atoms with Gasteiger partial charge in [-0.15, -0.1) is 0 Å². The minimum atomic E-state index is -0.513. The van der Waals surface area contributed by atoms with Gasteiger partial charge >= 0.3 is 6.09 Å². The van der Waals surface area contributed by atoms with E-state index in [2.05, 4.69) is 0 Å². The van der Waals surface area contributed by atoms with E-state index in [1.54, 1.807) is 11.0 Å². The second-order valence-corrected chi connectivity index (χ2v) is 7.42. The van der Waals surface area contributed by atoms with Gasteiger partial charge in [0.25, 0.3) is 0 Å². The van der Waals surface area contributed by atoms with Gasteiger partial charge in [0.05, 0.1) is 10.0 Å². The zero-order valence-electron chi connectivity index (χ0n) is 13.1. The normalized spacial score (nSPS) is 22.0. The summed E-state index contributed by atoms with van der Waals surface area (Å²) in [6.45, 7) is 7.15. The van der Waals surface area contributed by atoms with Crippen molar-refractivity contribution >= 4 is 29.3 Å². The standard InChI is InChI=1S/C16H22Cl2N2O2/c1-16(2,3)22-15(21)20-8-10(7-19)12(9-20)11-5-4-6-13(17)14(11)18/h4-6,10,12H,7-9,19H2,1-3H3/t10-,12-/m0/s1. The summed E-state index contributed by atoms with van der Waals surface area (Å²) in [4.78, 5) is 14.0. The Morgan fingerprint density at radius 1 is 1.36 bits per heavy atom. The number of nitrogens with zero attached hydrogens (tertiary/aromatic N) is 1. The van der Waals surface area contributed by atoms with Gasteiger partial charge in [-0.2, -0.15) is 0 Å². The Hall–Kier alpha value is -0.970. The molecule has 1 fully saturated rings. The molecule has 1 aliphatic rings. The average Bonchev–Trinajstić information content (AvgIpc) is 2.84. The first-order valence-electron chi connectivity index (χ1n) is 7.35. The number of carbonyl (C=O) groups excluding carboxylic acids is 1. The number of hydrogen-bond acceptors (Lipinski definition) is 3. The van der Waals surface area contributed by atoms with E-state index in [-0.39, 0.29) is 17.9 Å². The number of likely N-dealkylation sites (tertiary alicyclic amines) is 1. The highest BCUT2D eigenvalue weighted by molar-refractivity contribution is 6.42. The first kappa shape index (κ1) is 17.4. The molecule has 0 radical (unpaired) electrons. The van der Waals surface area contributed by atoms with Crippen LogP contribution >= 0.6 is 23.2 Å². The Kier molecular flexibility index (Phi) is 5.25. The van der Waals surface area contributed by atoms with Crippen LogP contribution in [0.5, 0.6) is 0 Å². The van der Waals surface area contributed by atoms with Crippen molar-refractivity contribution in [1.82, 2.24) is 4.90 Å². The Bertz CT molecular complexity index is 558. The minimum absolute atomic E-state index is 0.0729. The fraction of sp³-hybridized carbons (Fsp3) is 0.562. The molecule has 0 unspecified atom stereocenters. The minimum Gasteiger partial charge on any atom is -0.444 e. The zero-order valence-corrected chi connectivity index (χ0v) is 14.6. The first-order chi connectivity index (χ1) is 10.2. The number of halogens is 2. The summed E-state index contributed by atoms with van der Waals surface area (Å²) in [7, 11) is 0. The van der Waals surface area contributed by atoms with Crippen LogP contribution < -0.4 is 5.73 Å². The molecule has 1 heterocycles. The summed E-state index contributed by atoms with van der Waals surface area (Å²) in [6, 6.07) is 5.57. The van der Waals surface area contributed by atoms with Gasteiger partial charge in [0.2, 0.25) is 0 Å². The highest BCUT2D eigenvalue weighted by Crippen LogP contribution is 2.38. The summed E-state index contributed by atoms with van der Waals surface area (Å²) in [5.41, 5.74) is 6.31. The topological polar surface area (TPSA) is 55.6 Å². The summed E-state index contributed by atoms with van der Waals surface area (Å²) >= 11 is 12.4. The molecule has 2 N–H and O–H groups in total. The van der Waals surface area contributed by atoms with Crippen molar-refractivity contribution in [1.29, 1.82) is 0 Å². The van der Waals surface area contributed by atoms with E-state index < -0.39 is 5.60 Å². The van der Waals surface area contributed by atoms with Gasteiger partial charge in [-0.25, -0.2) is 4.79 Å². The number of nitrogens with two attached hydrogens (primary N) is 1. The summed E-state index contributed by atoms with van der Waals surface area (Å²) in [5.74, 6) is 0.215. The molecule has 1 aromatic carbocycles. The molecule has 0 aliphatic carbocycles.